The Labute approximate surface area is 138 Å². The summed E-state index contributed by atoms with van der Waals surface area (Å²) in [7, 11) is 0. The van der Waals surface area contributed by atoms with E-state index in [2.05, 4.69) is 15.9 Å². The lowest BCUT2D eigenvalue weighted by Gasteiger charge is -2.44. The standard InChI is InChI=1S/C17H19BrO4/c1-9(19)14-13(21)8-17(3,22)16(10(2)20)15(14)11-4-6-12(18)7-5-11/h4-7,14-16,22H,8H2,1-3H3/t14-,15+,16-,17+/m1/s1. The van der Waals surface area contributed by atoms with E-state index in [1.54, 1.807) is 24.3 Å². The maximum absolute atomic E-state index is 12.4. The molecule has 1 saturated carbocycles. The van der Waals surface area contributed by atoms with Crippen molar-refractivity contribution in [1.82, 2.24) is 0 Å². The van der Waals surface area contributed by atoms with Crippen LogP contribution in [0.1, 0.15) is 38.7 Å². The molecule has 5 heteroatoms. The molecule has 0 radical (unpaired) electrons. The van der Waals surface area contributed by atoms with Gasteiger partial charge in [-0.2, -0.15) is 0 Å². The predicted molar refractivity (Wildman–Crippen MR) is 85.5 cm³/mol. The van der Waals surface area contributed by atoms with Crippen LogP contribution in [-0.4, -0.2) is 28.1 Å². The summed E-state index contributed by atoms with van der Waals surface area (Å²) in [4.78, 5) is 36.5. The molecule has 1 aromatic carbocycles. The number of Topliss-reactive ketones (excluding diaryl/α,β-unsaturated/α-hetero) is 3. The topological polar surface area (TPSA) is 71.4 Å². The van der Waals surface area contributed by atoms with Crippen LogP contribution in [0.5, 0.6) is 0 Å². The Bertz CT molecular complexity index is 618. The van der Waals surface area contributed by atoms with Gasteiger partial charge in [-0.1, -0.05) is 28.1 Å². The van der Waals surface area contributed by atoms with Gasteiger partial charge >= 0.3 is 0 Å². The molecule has 22 heavy (non-hydrogen) atoms. The van der Waals surface area contributed by atoms with E-state index in [1.807, 2.05) is 0 Å². The number of aliphatic hydroxyl groups is 1. The van der Waals surface area contributed by atoms with Gasteiger partial charge in [0.1, 0.15) is 17.3 Å². The highest BCUT2D eigenvalue weighted by Gasteiger charge is 2.53. The van der Waals surface area contributed by atoms with E-state index in [0.717, 1.165) is 10.0 Å². The monoisotopic (exact) mass is 366 g/mol. The summed E-state index contributed by atoms with van der Waals surface area (Å²) < 4.78 is 0.865. The van der Waals surface area contributed by atoms with Crippen LogP contribution in [0.25, 0.3) is 0 Å². The summed E-state index contributed by atoms with van der Waals surface area (Å²) in [6, 6.07) is 7.18. The molecule has 4 nitrogen and oxygen atoms in total. The minimum atomic E-state index is -1.44. The quantitative estimate of drug-likeness (QED) is 0.834. The first-order valence-electron chi connectivity index (χ1n) is 7.16. The average molecular weight is 367 g/mol. The number of carbonyl (C=O) groups excluding carboxylic acids is 3. The number of halogens is 1. The molecule has 0 unspecified atom stereocenters. The molecule has 1 fully saturated rings. The number of hydrogen-bond acceptors (Lipinski definition) is 4. The average Bonchev–Trinajstić information content (AvgIpc) is 2.36. The summed E-state index contributed by atoms with van der Waals surface area (Å²) in [5.41, 5.74) is -0.719. The minimum Gasteiger partial charge on any atom is -0.389 e. The Morgan fingerprint density at radius 1 is 1.18 bits per heavy atom. The molecule has 1 aromatic rings. The SMILES string of the molecule is CC(=O)[C@@H]1C(=O)C[C@](C)(O)[C@H](C(C)=O)[C@H]1c1ccc(Br)cc1. The van der Waals surface area contributed by atoms with Gasteiger partial charge in [0, 0.05) is 16.8 Å². The molecule has 0 heterocycles. The summed E-state index contributed by atoms with van der Waals surface area (Å²) >= 11 is 3.34. The van der Waals surface area contributed by atoms with Crippen molar-refractivity contribution in [2.24, 2.45) is 11.8 Å². The smallest absolute Gasteiger partial charge is 0.146 e. The maximum atomic E-state index is 12.4. The fourth-order valence-electron chi connectivity index (χ4n) is 3.59. The van der Waals surface area contributed by atoms with Crippen molar-refractivity contribution >= 4 is 33.3 Å². The van der Waals surface area contributed by atoms with Gasteiger partial charge in [0.05, 0.1) is 17.4 Å². The zero-order valence-electron chi connectivity index (χ0n) is 12.8. The Balaban J connectivity index is 2.61. The Hall–Kier alpha value is -1.33. The Kier molecular flexibility index (Phi) is 4.68. The van der Waals surface area contributed by atoms with Gasteiger partial charge in [-0.3, -0.25) is 14.4 Å². The number of hydrogen-bond donors (Lipinski definition) is 1. The molecule has 0 saturated heterocycles. The summed E-state index contributed by atoms with van der Waals surface area (Å²) in [6.07, 6.45) is -0.172. The zero-order valence-corrected chi connectivity index (χ0v) is 14.4. The van der Waals surface area contributed by atoms with Gasteiger partial charge in [-0.25, -0.2) is 0 Å². The van der Waals surface area contributed by atoms with Gasteiger partial charge in [0.15, 0.2) is 0 Å². The van der Waals surface area contributed by atoms with Crippen molar-refractivity contribution < 1.29 is 19.5 Å². The number of ketones is 3. The highest BCUT2D eigenvalue weighted by molar-refractivity contribution is 9.10. The summed E-state index contributed by atoms with van der Waals surface area (Å²) in [5.74, 6) is -3.06. The van der Waals surface area contributed by atoms with Gasteiger partial charge < -0.3 is 5.11 Å². The first-order chi connectivity index (χ1) is 10.1. The van der Waals surface area contributed by atoms with Crippen molar-refractivity contribution in [2.75, 3.05) is 0 Å². The molecule has 0 spiro atoms. The molecule has 0 aliphatic heterocycles. The van der Waals surface area contributed by atoms with E-state index in [-0.39, 0.29) is 23.8 Å². The van der Waals surface area contributed by atoms with Crippen LogP contribution >= 0.6 is 15.9 Å². The van der Waals surface area contributed by atoms with Crippen molar-refractivity contribution in [1.29, 1.82) is 0 Å². The molecule has 1 aliphatic rings. The lowest BCUT2D eigenvalue weighted by molar-refractivity contribution is -0.151. The second-order valence-corrected chi connectivity index (χ2v) is 7.17. The van der Waals surface area contributed by atoms with Crippen LogP contribution in [0, 0.1) is 11.8 Å². The van der Waals surface area contributed by atoms with E-state index in [0.29, 0.717) is 0 Å². The van der Waals surface area contributed by atoms with E-state index in [4.69, 9.17) is 0 Å². The lowest BCUT2D eigenvalue weighted by Crippen LogP contribution is -2.53. The molecular weight excluding hydrogens is 348 g/mol. The third kappa shape index (κ3) is 3.06. The van der Waals surface area contributed by atoms with E-state index in [9.17, 15) is 19.5 Å². The minimum absolute atomic E-state index is 0.172. The van der Waals surface area contributed by atoms with Crippen LogP contribution in [0.4, 0.5) is 0 Å². The van der Waals surface area contributed by atoms with E-state index in [1.165, 1.54) is 20.8 Å². The molecule has 1 aliphatic carbocycles. The third-order valence-corrected chi connectivity index (χ3v) is 4.93. The molecule has 0 bridgehead atoms. The van der Waals surface area contributed by atoms with Crippen LogP contribution in [0.15, 0.2) is 28.7 Å². The van der Waals surface area contributed by atoms with Crippen LogP contribution in [0.2, 0.25) is 0 Å². The van der Waals surface area contributed by atoms with Crippen molar-refractivity contribution in [3.63, 3.8) is 0 Å². The zero-order chi connectivity index (χ0) is 16.7. The third-order valence-electron chi connectivity index (χ3n) is 4.40. The van der Waals surface area contributed by atoms with Crippen LogP contribution < -0.4 is 0 Å². The number of rotatable bonds is 3. The molecule has 118 valence electrons. The van der Waals surface area contributed by atoms with E-state index < -0.39 is 23.4 Å². The lowest BCUT2D eigenvalue weighted by atomic mass is 9.60. The first kappa shape index (κ1) is 17.0. The normalized spacial score (nSPS) is 31.9. The summed E-state index contributed by atoms with van der Waals surface area (Å²) in [6.45, 7) is 4.27. The van der Waals surface area contributed by atoms with Crippen molar-refractivity contribution in [3.05, 3.63) is 34.3 Å². The number of benzene rings is 1. The van der Waals surface area contributed by atoms with Crippen molar-refractivity contribution in [3.8, 4) is 0 Å². The van der Waals surface area contributed by atoms with Gasteiger partial charge in [0.25, 0.3) is 0 Å². The Morgan fingerprint density at radius 3 is 2.18 bits per heavy atom. The maximum Gasteiger partial charge on any atom is 0.146 e. The molecule has 0 amide bonds. The number of carbonyl (C=O) groups is 3. The highest BCUT2D eigenvalue weighted by atomic mass is 79.9. The van der Waals surface area contributed by atoms with E-state index >= 15 is 0 Å². The highest BCUT2D eigenvalue weighted by Crippen LogP contribution is 2.46. The second kappa shape index (κ2) is 6.05. The van der Waals surface area contributed by atoms with Crippen LogP contribution in [-0.2, 0) is 14.4 Å². The first-order valence-corrected chi connectivity index (χ1v) is 7.96. The molecule has 1 N–H and O–H groups in total. The fraction of sp³-hybridized carbons (Fsp3) is 0.471. The Morgan fingerprint density at radius 2 is 1.73 bits per heavy atom. The predicted octanol–water partition coefficient (Wildman–Crippen LogP) is 2.67. The van der Waals surface area contributed by atoms with Gasteiger partial charge in [-0.05, 0) is 38.5 Å². The van der Waals surface area contributed by atoms with Crippen LogP contribution in [0.3, 0.4) is 0 Å². The summed E-state index contributed by atoms with van der Waals surface area (Å²) in [5, 5.41) is 10.6. The second-order valence-electron chi connectivity index (χ2n) is 6.25. The van der Waals surface area contributed by atoms with Gasteiger partial charge in [-0.15, -0.1) is 0 Å². The fourth-order valence-corrected chi connectivity index (χ4v) is 3.86. The van der Waals surface area contributed by atoms with Gasteiger partial charge in [0.2, 0.25) is 0 Å². The largest absolute Gasteiger partial charge is 0.389 e. The van der Waals surface area contributed by atoms with Crippen molar-refractivity contribution in [2.45, 2.75) is 38.7 Å². The molecule has 0 aromatic heterocycles. The molecule has 2 rings (SSSR count). The molecular formula is C17H19BrO4. The molecule has 4 atom stereocenters.